The number of aliphatic hydroxyl groups excluding tert-OH is 1. The number of benzene rings is 1. The topological polar surface area (TPSA) is 98.5 Å². The predicted octanol–water partition coefficient (Wildman–Crippen LogP) is 3.68. The summed E-state index contributed by atoms with van der Waals surface area (Å²) in [5.74, 6) is -0.0826. The van der Waals surface area contributed by atoms with Crippen LogP contribution in [0.15, 0.2) is 35.6 Å². The van der Waals surface area contributed by atoms with Gasteiger partial charge in [-0.05, 0) is 18.4 Å². The van der Waals surface area contributed by atoms with E-state index >= 15 is 0 Å². The lowest BCUT2D eigenvalue weighted by Crippen LogP contribution is -1.98. The molecule has 114 valence electrons. The summed E-state index contributed by atoms with van der Waals surface area (Å²) in [5, 5.41) is 20.5. The van der Waals surface area contributed by atoms with Crippen molar-refractivity contribution in [2.45, 2.75) is 5.16 Å². The van der Waals surface area contributed by atoms with Crippen LogP contribution in [0.4, 0.5) is 0 Å². The van der Waals surface area contributed by atoms with Gasteiger partial charge in [-0.2, -0.15) is 5.26 Å². The van der Waals surface area contributed by atoms with E-state index in [0.717, 1.165) is 5.52 Å². The van der Waals surface area contributed by atoms with E-state index in [0.29, 0.717) is 10.7 Å². The molecule has 0 saturated heterocycles. The Labute approximate surface area is 140 Å². The molecular formula is C15H10ClN5OS. The first kappa shape index (κ1) is 15.3. The molecule has 2 N–H and O–H groups in total. The molecule has 3 aromatic rings. The normalized spacial score (nSPS) is 12.0. The van der Waals surface area contributed by atoms with Crippen LogP contribution in [-0.4, -0.2) is 31.3 Å². The number of thioether (sulfide) groups is 1. The molecule has 0 aliphatic carbocycles. The first-order valence-electron chi connectivity index (χ1n) is 6.49. The molecule has 0 unspecified atom stereocenters. The number of fused-ring (bicyclic) bond motifs is 1. The molecule has 6 nitrogen and oxygen atoms in total. The Balaban J connectivity index is 2.18. The lowest BCUT2D eigenvalue weighted by Gasteiger charge is -2.05. The number of aromatic amines is 1. The number of aliphatic hydroxyl groups is 1. The number of allylic oxidation sites excluding steroid dienone is 1. The van der Waals surface area contributed by atoms with Crippen molar-refractivity contribution < 1.29 is 5.11 Å². The van der Waals surface area contributed by atoms with Crippen LogP contribution in [0.1, 0.15) is 11.5 Å². The maximum atomic E-state index is 10.5. The van der Waals surface area contributed by atoms with Crippen LogP contribution >= 0.6 is 23.4 Å². The highest BCUT2D eigenvalue weighted by Crippen LogP contribution is 2.28. The fourth-order valence-electron chi connectivity index (χ4n) is 2.02. The van der Waals surface area contributed by atoms with Crippen molar-refractivity contribution in [3.05, 3.63) is 47.0 Å². The van der Waals surface area contributed by atoms with Crippen molar-refractivity contribution >= 4 is 45.7 Å². The number of aromatic nitrogens is 4. The third-order valence-corrected chi connectivity index (χ3v) is 3.94. The first-order chi connectivity index (χ1) is 11.1. The van der Waals surface area contributed by atoms with Crippen LogP contribution in [0.2, 0.25) is 5.02 Å². The van der Waals surface area contributed by atoms with E-state index in [-0.39, 0.29) is 27.9 Å². The third-order valence-electron chi connectivity index (χ3n) is 3.10. The molecule has 23 heavy (non-hydrogen) atoms. The van der Waals surface area contributed by atoms with Gasteiger partial charge in [-0.15, -0.1) is 0 Å². The highest BCUT2D eigenvalue weighted by atomic mass is 35.5. The molecule has 2 aromatic heterocycles. The van der Waals surface area contributed by atoms with Crippen molar-refractivity contribution in [1.82, 2.24) is 19.9 Å². The van der Waals surface area contributed by atoms with Crippen LogP contribution in [0.3, 0.4) is 0 Å². The Morgan fingerprint density at radius 2 is 2.13 bits per heavy atom. The van der Waals surface area contributed by atoms with E-state index in [4.69, 9.17) is 11.6 Å². The predicted molar refractivity (Wildman–Crippen MR) is 90.0 cm³/mol. The van der Waals surface area contributed by atoms with Crippen molar-refractivity contribution in [3.8, 4) is 6.07 Å². The summed E-state index contributed by atoms with van der Waals surface area (Å²) in [6, 6.07) is 9.29. The summed E-state index contributed by atoms with van der Waals surface area (Å²) in [6.45, 7) is 0. The number of nitrogens with one attached hydrogen (secondary N) is 1. The zero-order valence-corrected chi connectivity index (χ0v) is 13.5. The summed E-state index contributed by atoms with van der Waals surface area (Å²) >= 11 is 7.35. The summed E-state index contributed by atoms with van der Waals surface area (Å²) in [4.78, 5) is 15.5. The van der Waals surface area contributed by atoms with Gasteiger partial charge in [0.25, 0.3) is 0 Å². The average molecular weight is 344 g/mol. The second-order valence-electron chi connectivity index (χ2n) is 4.49. The number of nitrogens with zero attached hydrogens (tertiary/aromatic N) is 4. The van der Waals surface area contributed by atoms with Gasteiger partial charge < -0.3 is 10.1 Å². The Morgan fingerprint density at radius 3 is 2.83 bits per heavy atom. The molecule has 0 amide bonds. The van der Waals surface area contributed by atoms with E-state index in [1.54, 1.807) is 6.26 Å². The standard InChI is InChI=1S/C15H10ClN5OS/c1-23-15-18-7-9(16)12(21-15)13(22)8(6-17)14-19-10-4-2-3-5-11(10)20-14/h2-5,7,22H,1H3,(H,19,20). The Kier molecular flexibility index (Phi) is 4.19. The SMILES string of the molecule is CSc1ncc(Cl)c(C(O)=C(C#N)c2nc3ccccc3[nH]2)n1. The summed E-state index contributed by atoms with van der Waals surface area (Å²) in [7, 11) is 0. The minimum Gasteiger partial charge on any atom is -0.504 e. The zero-order valence-electron chi connectivity index (χ0n) is 11.9. The smallest absolute Gasteiger partial charge is 0.188 e. The van der Waals surface area contributed by atoms with Crippen molar-refractivity contribution in [2.75, 3.05) is 6.26 Å². The number of halogens is 1. The highest BCUT2D eigenvalue weighted by molar-refractivity contribution is 7.98. The third kappa shape index (κ3) is 2.86. The van der Waals surface area contributed by atoms with Gasteiger partial charge in [-0.3, -0.25) is 0 Å². The second-order valence-corrected chi connectivity index (χ2v) is 5.67. The van der Waals surface area contributed by atoms with Crippen molar-refractivity contribution in [2.24, 2.45) is 0 Å². The lowest BCUT2D eigenvalue weighted by molar-refractivity contribution is 0.509. The van der Waals surface area contributed by atoms with Gasteiger partial charge in [0.15, 0.2) is 16.7 Å². The van der Waals surface area contributed by atoms with Gasteiger partial charge in [-0.25, -0.2) is 15.0 Å². The monoisotopic (exact) mass is 343 g/mol. The number of nitriles is 1. The molecule has 0 aliphatic heterocycles. The van der Waals surface area contributed by atoms with Gasteiger partial charge in [0, 0.05) is 0 Å². The van der Waals surface area contributed by atoms with Gasteiger partial charge in [-0.1, -0.05) is 35.5 Å². The molecule has 0 aliphatic rings. The number of hydrogen-bond donors (Lipinski definition) is 2. The van der Waals surface area contributed by atoms with E-state index in [2.05, 4.69) is 19.9 Å². The number of para-hydroxylation sites is 2. The molecule has 0 fully saturated rings. The minimum absolute atomic E-state index is 0.0335. The molecule has 0 radical (unpaired) electrons. The van der Waals surface area contributed by atoms with Crippen molar-refractivity contribution in [1.29, 1.82) is 5.26 Å². The number of rotatable bonds is 3. The van der Waals surface area contributed by atoms with Crippen LogP contribution in [0.5, 0.6) is 0 Å². The summed E-state index contributed by atoms with van der Waals surface area (Å²) < 4.78 is 0. The van der Waals surface area contributed by atoms with Gasteiger partial charge in [0.2, 0.25) is 0 Å². The fraction of sp³-hybridized carbons (Fsp3) is 0.0667. The van der Waals surface area contributed by atoms with Crippen LogP contribution in [-0.2, 0) is 0 Å². The lowest BCUT2D eigenvalue weighted by atomic mass is 10.2. The second kappa shape index (κ2) is 6.28. The maximum absolute atomic E-state index is 10.5. The Hall–Kier alpha value is -2.56. The summed E-state index contributed by atoms with van der Waals surface area (Å²) in [5.41, 5.74) is 1.53. The van der Waals surface area contributed by atoms with Crippen LogP contribution in [0, 0.1) is 11.3 Å². The van der Waals surface area contributed by atoms with E-state index in [1.807, 2.05) is 30.3 Å². The molecule has 0 spiro atoms. The molecular weight excluding hydrogens is 334 g/mol. The molecule has 8 heteroatoms. The first-order valence-corrected chi connectivity index (χ1v) is 8.09. The number of hydrogen-bond acceptors (Lipinski definition) is 6. The maximum Gasteiger partial charge on any atom is 0.188 e. The Morgan fingerprint density at radius 1 is 1.35 bits per heavy atom. The number of H-pyrrole nitrogens is 1. The average Bonchev–Trinajstić information content (AvgIpc) is 2.99. The molecule has 2 heterocycles. The van der Waals surface area contributed by atoms with E-state index in [1.165, 1.54) is 18.0 Å². The van der Waals surface area contributed by atoms with Crippen LogP contribution < -0.4 is 0 Å². The highest BCUT2D eigenvalue weighted by Gasteiger charge is 2.18. The molecule has 0 saturated carbocycles. The molecule has 0 atom stereocenters. The van der Waals surface area contributed by atoms with E-state index < -0.39 is 0 Å². The zero-order chi connectivity index (χ0) is 16.4. The molecule has 0 bridgehead atoms. The minimum atomic E-state index is -0.339. The van der Waals surface area contributed by atoms with Crippen molar-refractivity contribution in [3.63, 3.8) is 0 Å². The largest absolute Gasteiger partial charge is 0.504 e. The molecule has 1 aromatic carbocycles. The Bertz CT molecular complexity index is 927. The fourth-order valence-corrected chi connectivity index (χ4v) is 2.54. The van der Waals surface area contributed by atoms with Crippen LogP contribution in [0.25, 0.3) is 22.4 Å². The quantitative estimate of drug-likeness (QED) is 0.326. The van der Waals surface area contributed by atoms with E-state index in [9.17, 15) is 10.4 Å². The van der Waals surface area contributed by atoms with Gasteiger partial charge >= 0.3 is 0 Å². The van der Waals surface area contributed by atoms with Gasteiger partial charge in [0.1, 0.15) is 17.3 Å². The summed E-state index contributed by atoms with van der Waals surface area (Å²) in [6.07, 6.45) is 3.19. The molecule has 3 rings (SSSR count). The number of imidazole rings is 1. The van der Waals surface area contributed by atoms with Gasteiger partial charge in [0.05, 0.1) is 22.3 Å².